The summed E-state index contributed by atoms with van der Waals surface area (Å²) in [5.74, 6) is -0.386. The number of benzene rings is 1. The predicted molar refractivity (Wildman–Crippen MR) is 73.4 cm³/mol. The molecule has 3 rings (SSSR count). The highest BCUT2D eigenvalue weighted by Gasteiger charge is 2.36. The van der Waals surface area contributed by atoms with E-state index in [1.54, 1.807) is 12.1 Å². The zero-order valence-corrected chi connectivity index (χ0v) is 12.1. The molecule has 2 aliphatic rings. The van der Waals surface area contributed by atoms with E-state index < -0.39 is 6.10 Å². The molecule has 1 N–H and O–H groups in total. The summed E-state index contributed by atoms with van der Waals surface area (Å²) in [7, 11) is 0. The lowest BCUT2D eigenvalue weighted by Crippen LogP contribution is -2.48. The van der Waals surface area contributed by atoms with Gasteiger partial charge in [-0.05, 0) is 37.6 Å². The fourth-order valence-corrected chi connectivity index (χ4v) is 3.35. The van der Waals surface area contributed by atoms with E-state index in [0.29, 0.717) is 24.8 Å². The molecule has 0 amide bonds. The Morgan fingerprint density at radius 2 is 2.32 bits per heavy atom. The van der Waals surface area contributed by atoms with Gasteiger partial charge in [0.25, 0.3) is 0 Å². The Morgan fingerprint density at radius 3 is 3.16 bits per heavy atom. The monoisotopic (exact) mass is 329 g/mol. The molecule has 0 aliphatic carbocycles. The van der Waals surface area contributed by atoms with Gasteiger partial charge >= 0.3 is 0 Å². The van der Waals surface area contributed by atoms with Crippen LogP contribution in [0, 0.1) is 5.82 Å². The number of aliphatic hydroxyl groups excluding tert-OH is 1. The molecular weight excluding hydrogens is 313 g/mol. The summed E-state index contributed by atoms with van der Waals surface area (Å²) in [6.45, 7) is 2.37. The molecule has 3 unspecified atom stereocenters. The fraction of sp³-hybridized carbons (Fsp3) is 0.571. The van der Waals surface area contributed by atoms with Crippen LogP contribution in [0.4, 0.5) is 4.39 Å². The van der Waals surface area contributed by atoms with E-state index in [-0.39, 0.29) is 11.9 Å². The van der Waals surface area contributed by atoms with Gasteiger partial charge < -0.3 is 9.84 Å². The molecule has 2 aliphatic heterocycles. The minimum absolute atomic E-state index is 0.303. The smallest absolute Gasteiger partial charge is 0.129 e. The largest absolute Gasteiger partial charge is 0.386 e. The first-order valence-corrected chi connectivity index (χ1v) is 7.43. The first kappa shape index (κ1) is 13.5. The number of hydrogen-bond donors (Lipinski definition) is 1. The lowest BCUT2D eigenvalue weighted by molar-refractivity contribution is -0.104. The molecule has 19 heavy (non-hydrogen) atoms. The Balaban J connectivity index is 1.76. The molecule has 2 saturated heterocycles. The minimum atomic E-state index is -0.918. The van der Waals surface area contributed by atoms with Crippen LogP contribution in [0.25, 0.3) is 0 Å². The van der Waals surface area contributed by atoms with Gasteiger partial charge in [-0.1, -0.05) is 15.9 Å². The zero-order chi connectivity index (χ0) is 13.4. The number of morpholine rings is 1. The second-order valence-electron chi connectivity index (χ2n) is 5.27. The second-order valence-corrected chi connectivity index (χ2v) is 6.19. The maximum atomic E-state index is 13.8. The average molecular weight is 330 g/mol. The number of halogens is 2. The number of nitrogens with zero attached hydrogens (tertiary/aromatic N) is 1. The van der Waals surface area contributed by atoms with Crippen molar-refractivity contribution < 1.29 is 14.2 Å². The van der Waals surface area contributed by atoms with Crippen molar-refractivity contribution in [1.29, 1.82) is 0 Å². The van der Waals surface area contributed by atoms with Gasteiger partial charge in [0.1, 0.15) is 18.0 Å². The molecule has 3 atom stereocenters. The van der Waals surface area contributed by atoms with Crippen molar-refractivity contribution in [1.82, 2.24) is 4.90 Å². The normalized spacial score (nSPS) is 29.2. The van der Waals surface area contributed by atoms with Gasteiger partial charge in [0.2, 0.25) is 0 Å². The number of fused-ring (bicyclic) bond motifs is 1. The van der Waals surface area contributed by atoms with Gasteiger partial charge in [-0.15, -0.1) is 0 Å². The summed E-state index contributed by atoms with van der Waals surface area (Å²) in [4.78, 5) is 2.34. The Kier molecular flexibility index (Phi) is 3.89. The van der Waals surface area contributed by atoms with Gasteiger partial charge in [0, 0.05) is 22.6 Å². The van der Waals surface area contributed by atoms with E-state index in [0.717, 1.165) is 17.4 Å². The standard InChI is InChI=1S/C14H17BrFNO2/c15-9-3-4-12(16)11(6-9)14(18)13-7-17-5-1-2-10(17)8-19-13/h3-4,6,10,13-14,18H,1-2,5,7-8H2. The molecule has 0 radical (unpaired) electrons. The molecule has 5 heteroatoms. The van der Waals surface area contributed by atoms with Crippen LogP contribution >= 0.6 is 15.9 Å². The summed E-state index contributed by atoms with van der Waals surface area (Å²) in [5.41, 5.74) is 0.303. The highest BCUT2D eigenvalue weighted by Crippen LogP contribution is 2.30. The van der Waals surface area contributed by atoms with Crippen molar-refractivity contribution in [3.8, 4) is 0 Å². The zero-order valence-electron chi connectivity index (χ0n) is 10.6. The van der Waals surface area contributed by atoms with Gasteiger partial charge in [0.05, 0.1) is 6.61 Å². The molecule has 0 bridgehead atoms. The summed E-state index contributed by atoms with van der Waals surface area (Å²) >= 11 is 3.30. The summed E-state index contributed by atoms with van der Waals surface area (Å²) in [6, 6.07) is 5.10. The van der Waals surface area contributed by atoms with Crippen molar-refractivity contribution in [2.24, 2.45) is 0 Å². The maximum Gasteiger partial charge on any atom is 0.129 e. The van der Waals surface area contributed by atoms with Crippen LogP contribution in [0.5, 0.6) is 0 Å². The highest BCUT2D eigenvalue weighted by atomic mass is 79.9. The van der Waals surface area contributed by atoms with E-state index in [2.05, 4.69) is 20.8 Å². The summed E-state index contributed by atoms with van der Waals surface area (Å²) < 4.78 is 20.3. The van der Waals surface area contributed by atoms with Crippen molar-refractivity contribution in [2.75, 3.05) is 19.7 Å². The molecular formula is C14H17BrFNO2. The maximum absolute atomic E-state index is 13.8. The molecule has 0 aromatic heterocycles. The molecule has 1 aromatic carbocycles. The molecule has 2 fully saturated rings. The third-order valence-corrected chi connectivity index (χ3v) is 4.54. The van der Waals surface area contributed by atoms with E-state index in [9.17, 15) is 9.50 Å². The van der Waals surface area contributed by atoms with Crippen LogP contribution in [0.3, 0.4) is 0 Å². The molecule has 1 aromatic rings. The third kappa shape index (κ3) is 2.70. The van der Waals surface area contributed by atoms with Gasteiger partial charge in [-0.2, -0.15) is 0 Å². The number of ether oxygens (including phenoxy) is 1. The third-order valence-electron chi connectivity index (χ3n) is 4.05. The van der Waals surface area contributed by atoms with E-state index in [1.807, 2.05) is 0 Å². The first-order chi connectivity index (χ1) is 9.15. The van der Waals surface area contributed by atoms with E-state index in [4.69, 9.17) is 4.74 Å². The van der Waals surface area contributed by atoms with E-state index >= 15 is 0 Å². The van der Waals surface area contributed by atoms with Crippen LogP contribution < -0.4 is 0 Å². The second kappa shape index (κ2) is 5.48. The van der Waals surface area contributed by atoms with Crippen LogP contribution in [0.15, 0.2) is 22.7 Å². The predicted octanol–water partition coefficient (Wildman–Crippen LogP) is 2.48. The molecule has 0 spiro atoms. The summed E-state index contributed by atoms with van der Waals surface area (Å²) in [5, 5.41) is 10.4. The fourth-order valence-electron chi connectivity index (χ4n) is 2.98. The Morgan fingerprint density at radius 1 is 1.47 bits per heavy atom. The van der Waals surface area contributed by atoms with Crippen molar-refractivity contribution in [3.05, 3.63) is 34.1 Å². The molecule has 0 saturated carbocycles. The SMILES string of the molecule is OC(c1cc(Br)ccc1F)C1CN2CCCC2CO1. The summed E-state index contributed by atoms with van der Waals surface area (Å²) in [6.07, 6.45) is 1.08. The average Bonchev–Trinajstić information content (AvgIpc) is 2.88. The highest BCUT2D eigenvalue weighted by molar-refractivity contribution is 9.10. The number of aliphatic hydroxyl groups is 1. The van der Waals surface area contributed by atoms with E-state index in [1.165, 1.54) is 12.5 Å². The Hall–Kier alpha value is -0.490. The topological polar surface area (TPSA) is 32.7 Å². The number of hydrogen-bond acceptors (Lipinski definition) is 3. The minimum Gasteiger partial charge on any atom is -0.386 e. The lowest BCUT2D eigenvalue weighted by Gasteiger charge is -2.37. The molecule has 104 valence electrons. The van der Waals surface area contributed by atoms with Crippen LogP contribution in [-0.4, -0.2) is 41.8 Å². The van der Waals surface area contributed by atoms with Crippen molar-refractivity contribution in [3.63, 3.8) is 0 Å². The van der Waals surface area contributed by atoms with Gasteiger partial charge in [-0.25, -0.2) is 4.39 Å². The lowest BCUT2D eigenvalue weighted by atomic mass is 10.0. The molecule has 2 heterocycles. The van der Waals surface area contributed by atoms with Crippen molar-refractivity contribution in [2.45, 2.75) is 31.1 Å². The van der Waals surface area contributed by atoms with Gasteiger partial charge in [0.15, 0.2) is 0 Å². The number of rotatable bonds is 2. The Bertz CT molecular complexity index is 471. The first-order valence-electron chi connectivity index (χ1n) is 6.64. The quantitative estimate of drug-likeness (QED) is 0.904. The van der Waals surface area contributed by atoms with Crippen molar-refractivity contribution >= 4 is 15.9 Å². The molecule has 3 nitrogen and oxygen atoms in total. The van der Waals surface area contributed by atoms with Gasteiger partial charge in [-0.3, -0.25) is 4.90 Å². The van der Waals surface area contributed by atoms with Crippen LogP contribution in [-0.2, 0) is 4.74 Å². The van der Waals surface area contributed by atoms with Crippen LogP contribution in [0.2, 0.25) is 0 Å². The Labute approximate surface area is 120 Å². The van der Waals surface area contributed by atoms with Crippen LogP contribution in [0.1, 0.15) is 24.5 Å².